The Labute approximate surface area is 163 Å². The van der Waals surface area contributed by atoms with E-state index in [1.165, 1.54) is 11.0 Å². The van der Waals surface area contributed by atoms with Gasteiger partial charge in [-0.1, -0.05) is 44.2 Å². The summed E-state index contributed by atoms with van der Waals surface area (Å²) in [6, 6.07) is 16.1. The zero-order valence-corrected chi connectivity index (χ0v) is 15.7. The number of anilines is 2. The highest BCUT2D eigenvalue weighted by Crippen LogP contribution is 2.18. The maximum absolute atomic E-state index is 12.9. The van der Waals surface area contributed by atoms with Crippen molar-refractivity contribution in [1.82, 2.24) is 20.2 Å². The molecule has 0 aliphatic carbocycles. The van der Waals surface area contributed by atoms with Crippen molar-refractivity contribution in [2.45, 2.75) is 26.3 Å². The lowest BCUT2D eigenvalue weighted by atomic mass is 10.1. The number of nitrogens with zero attached hydrogens (tertiary/aromatic N) is 4. The highest BCUT2D eigenvalue weighted by molar-refractivity contribution is 5.95. The van der Waals surface area contributed by atoms with Crippen LogP contribution in [0.5, 0.6) is 0 Å². The standard InChI is InChI=1S/C20H22N6O2/c1-14(2)19(27)22-16-8-10-17(11-9-16)23-20(28)18(26-13-21-24-25-26)12-15-6-4-3-5-7-15/h3-11,13-14,18H,12H2,1-2H3,(H,22,27)(H,23,28). The van der Waals surface area contributed by atoms with Gasteiger partial charge in [0.25, 0.3) is 0 Å². The normalized spacial score (nSPS) is 11.8. The number of nitrogens with one attached hydrogen (secondary N) is 2. The van der Waals surface area contributed by atoms with Crippen molar-refractivity contribution in [3.8, 4) is 0 Å². The first-order valence-corrected chi connectivity index (χ1v) is 9.01. The molecule has 8 nitrogen and oxygen atoms in total. The van der Waals surface area contributed by atoms with E-state index in [1.54, 1.807) is 24.3 Å². The molecule has 1 heterocycles. The van der Waals surface area contributed by atoms with Gasteiger partial charge in [0.05, 0.1) is 0 Å². The van der Waals surface area contributed by atoms with E-state index in [1.807, 2.05) is 44.2 Å². The minimum atomic E-state index is -0.585. The molecule has 0 fully saturated rings. The third-order valence-electron chi connectivity index (χ3n) is 4.20. The molecule has 0 aliphatic rings. The van der Waals surface area contributed by atoms with Gasteiger partial charge in [-0.05, 0) is 40.3 Å². The Bertz CT molecular complexity index is 908. The van der Waals surface area contributed by atoms with Crippen LogP contribution in [0.15, 0.2) is 60.9 Å². The number of tetrazole rings is 1. The van der Waals surface area contributed by atoms with E-state index in [0.717, 1.165) is 5.56 Å². The molecule has 3 rings (SSSR count). The molecule has 1 unspecified atom stereocenters. The molecule has 0 aliphatic heterocycles. The van der Waals surface area contributed by atoms with Crippen LogP contribution < -0.4 is 10.6 Å². The summed E-state index contributed by atoms with van der Waals surface area (Å²) in [4.78, 5) is 24.6. The van der Waals surface area contributed by atoms with Crippen LogP contribution in [0, 0.1) is 5.92 Å². The van der Waals surface area contributed by atoms with Gasteiger partial charge in [-0.15, -0.1) is 5.10 Å². The summed E-state index contributed by atoms with van der Waals surface area (Å²) in [6.07, 6.45) is 1.89. The zero-order valence-electron chi connectivity index (χ0n) is 15.7. The Morgan fingerprint density at radius 1 is 0.929 bits per heavy atom. The van der Waals surface area contributed by atoms with Gasteiger partial charge < -0.3 is 10.6 Å². The first kappa shape index (κ1) is 19.2. The van der Waals surface area contributed by atoms with Crippen LogP contribution in [0.3, 0.4) is 0 Å². The summed E-state index contributed by atoms with van der Waals surface area (Å²) in [7, 11) is 0. The van der Waals surface area contributed by atoms with Gasteiger partial charge in [0.2, 0.25) is 11.8 Å². The molecule has 0 radical (unpaired) electrons. The van der Waals surface area contributed by atoms with Crippen molar-refractivity contribution in [1.29, 1.82) is 0 Å². The number of amides is 2. The summed E-state index contributed by atoms with van der Waals surface area (Å²) in [5, 5.41) is 16.9. The first-order chi connectivity index (χ1) is 13.5. The Morgan fingerprint density at radius 2 is 1.54 bits per heavy atom. The Kier molecular flexibility index (Phi) is 6.11. The number of hydrogen-bond acceptors (Lipinski definition) is 5. The molecular formula is C20H22N6O2. The lowest BCUT2D eigenvalue weighted by molar-refractivity contribution is -0.120. The van der Waals surface area contributed by atoms with Crippen LogP contribution in [-0.4, -0.2) is 32.0 Å². The Morgan fingerprint density at radius 3 is 2.07 bits per heavy atom. The minimum Gasteiger partial charge on any atom is -0.326 e. The van der Waals surface area contributed by atoms with E-state index in [0.29, 0.717) is 17.8 Å². The van der Waals surface area contributed by atoms with Crippen molar-refractivity contribution < 1.29 is 9.59 Å². The summed E-state index contributed by atoms with van der Waals surface area (Å²) in [6.45, 7) is 3.66. The minimum absolute atomic E-state index is 0.0570. The lowest BCUT2D eigenvalue weighted by Gasteiger charge is -2.17. The third-order valence-corrected chi connectivity index (χ3v) is 4.20. The molecule has 2 amide bonds. The van der Waals surface area contributed by atoms with Crippen LogP contribution in [-0.2, 0) is 16.0 Å². The molecule has 144 valence electrons. The predicted octanol–water partition coefficient (Wildman–Crippen LogP) is 2.69. The summed E-state index contributed by atoms with van der Waals surface area (Å²) in [5.74, 6) is -0.386. The van der Waals surface area contributed by atoms with Gasteiger partial charge in [-0.3, -0.25) is 9.59 Å². The van der Waals surface area contributed by atoms with Gasteiger partial charge in [0.15, 0.2) is 0 Å². The van der Waals surface area contributed by atoms with Crippen LogP contribution in [0.4, 0.5) is 11.4 Å². The molecule has 1 aromatic heterocycles. The topological polar surface area (TPSA) is 102 Å². The van der Waals surface area contributed by atoms with Crippen LogP contribution in [0.2, 0.25) is 0 Å². The molecule has 2 aromatic carbocycles. The van der Waals surface area contributed by atoms with Crippen molar-refractivity contribution in [3.05, 3.63) is 66.5 Å². The van der Waals surface area contributed by atoms with Gasteiger partial charge in [-0.25, -0.2) is 4.68 Å². The highest BCUT2D eigenvalue weighted by atomic mass is 16.2. The molecule has 1 atom stereocenters. The first-order valence-electron chi connectivity index (χ1n) is 9.01. The maximum Gasteiger partial charge on any atom is 0.249 e. The third kappa shape index (κ3) is 5.00. The van der Waals surface area contributed by atoms with Gasteiger partial charge in [0.1, 0.15) is 12.4 Å². The van der Waals surface area contributed by atoms with Crippen LogP contribution in [0.25, 0.3) is 0 Å². The summed E-state index contributed by atoms with van der Waals surface area (Å²) < 4.78 is 1.44. The second kappa shape index (κ2) is 8.90. The molecule has 2 N–H and O–H groups in total. The van der Waals surface area contributed by atoms with E-state index < -0.39 is 6.04 Å². The number of hydrogen-bond donors (Lipinski definition) is 2. The molecule has 28 heavy (non-hydrogen) atoms. The van der Waals surface area contributed by atoms with Crippen molar-refractivity contribution in [3.63, 3.8) is 0 Å². The van der Waals surface area contributed by atoms with Crippen LogP contribution in [0.1, 0.15) is 25.5 Å². The SMILES string of the molecule is CC(C)C(=O)Nc1ccc(NC(=O)C(Cc2ccccc2)n2cnnn2)cc1. The number of aromatic nitrogens is 4. The summed E-state index contributed by atoms with van der Waals surface area (Å²) >= 11 is 0. The average molecular weight is 378 g/mol. The smallest absolute Gasteiger partial charge is 0.249 e. The predicted molar refractivity (Wildman–Crippen MR) is 106 cm³/mol. The second-order valence-electron chi connectivity index (χ2n) is 6.71. The van der Waals surface area contributed by atoms with E-state index in [-0.39, 0.29) is 17.7 Å². The number of benzene rings is 2. The van der Waals surface area contributed by atoms with Crippen molar-refractivity contribution in [2.75, 3.05) is 10.6 Å². The molecule has 0 spiro atoms. The highest BCUT2D eigenvalue weighted by Gasteiger charge is 2.22. The second-order valence-corrected chi connectivity index (χ2v) is 6.71. The fourth-order valence-electron chi connectivity index (χ4n) is 2.60. The monoisotopic (exact) mass is 378 g/mol. The van der Waals surface area contributed by atoms with Crippen molar-refractivity contribution in [2.24, 2.45) is 5.92 Å². The molecule has 3 aromatic rings. The van der Waals surface area contributed by atoms with E-state index >= 15 is 0 Å². The Hall–Kier alpha value is -3.55. The van der Waals surface area contributed by atoms with E-state index in [4.69, 9.17) is 0 Å². The molecule has 0 saturated heterocycles. The van der Waals surface area contributed by atoms with E-state index in [2.05, 4.69) is 26.2 Å². The van der Waals surface area contributed by atoms with Crippen molar-refractivity contribution >= 4 is 23.2 Å². The van der Waals surface area contributed by atoms with E-state index in [9.17, 15) is 9.59 Å². The van der Waals surface area contributed by atoms with Crippen LogP contribution >= 0.6 is 0 Å². The van der Waals surface area contributed by atoms with Gasteiger partial charge in [0, 0.05) is 23.7 Å². The molecule has 8 heteroatoms. The number of carbonyl (C=O) groups excluding carboxylic acids is 2. The van der Waals surface area contributed by atoms with Gasteiger partial charge in [-0.2, -0.15) is 0 Å². The summed E-state index contributed by atoms with van der Waals surface area (Å²) in [5.41, 5.74) is 2.31. The Balaban J connectivity index is 1.70. The number of carbonyl (C=O) groups is 2. The zero-order chi connectivity index (χ0) is 19.9. The quantitative estimate of drug-likeness (QED) is 0.658. The van der Waals surface area contributed by atoms with Gasteiger partial charge >= 0.3 is 0 Å². The maximum atomic E-state index is 12.9. The lowest BCUT2D eigenvalue weighted by Crippen LogP contribution is -2.28. The largest absolute Gasteiger partial charge is 0.326 e. The number of rotatable bonds is 7. The fourth-order valence-corrected chi connectivity index (χ4v) is 2.60. The fraction of sp³-hybridized carbons (Fsp3) is 0.250. The average Bonchev–Trinajstić information content (AvgIpc) is 3.22. The molecule has 0 bridgehead atoms. The molecular weight excluding hydrogens is 356 g/mol. The molecule has 0 saturated carbocycles.